The van der Waals surface area contributed by atoms with Gasteiger partial charge in [0, 0.05) is 22.7 Å². The van der Waals surface area contributed by atoms with E-state index in [0.717, 1.165) is 28.1 Å². The van der Waals surface area contributed by atoms with Gasteiger partial charge in [-0.3, -0.25) is 0 Å². The predicted octanol–water partition coefficient (Wildman–Crippen LogP) is 2.62. The number of hydrogen-bond acceptors (Lipinski definition) is 5. The third-order valence-corrected chi connectivity index (χ3v) is 4.88. The Labute approximate surface area is 129 Å². The van der Waals surface area contributed by atoms with Crippen molar-refractivity contribution in [1.29, 1.82) is 0 Å². The van der Waals surface area contributed by atoms with Crippen molar-refractivity contribution in [2.45, 2.75) is 42.8 Å². The molecule has 0 bridgehead atoms. The zero-order chi connectivity index (χ0) is 14.7. The summed E-state index contributed by atoms with van der Waals surface area (Å²) >= 11 is 1.74. The van der Waals surface area contributed by atoms with Crippen molar-refractivity contribution in [3.05, 3.63) is 30.6 Å². The lowest BCUT2D eigenvalue weighted by atomic mass is 10.0. The molecular formula is C16H21N3OS. The number of benzene rings is 1. The smallest absolute Gasteiger partial charge is 0.117 e. The molecule has 4 nitrogen and oxygen atoms in total. The summed E-state index contributed by atoms with van der Waals surface area (Å²) in [6.07, 6.45) is 5.01. The number of rotatable bonds is 7. The van der Waals surface area contributed by atoms with E-state index in [1.165, 1.54) is 12.8 Å². The van der Waals surface area contributed by atoms with Crippen LogP contribution in [0.4, 0.5) is 0 Å². The van der Waals surface area contributed by atoms with Crippen molar-refractivity contribution in [3.63, 3.8) is 0 Å². The number of aromatic nitrogens is 2. The van der Waals surface area contributed by atoms with Crippen molar-refractivity contribution in [1.82, 2.24) is 15.3 Å². The molecule has 1 unspecified atom stereocenters. The van der Waals surface area contributed by atoms with Crippen molar-refractivity contribution in [2.24, 2.45) is 0 Å². The molecule has 1 aliphatic carbocycles. The van der Waals surface area contributed by atoms with E-state index in [4.69, 9.17) is 0 Å². The van der Waals surface area contributed by atoms with Crippen LogP contribution in [-0.4, -0.2) is 39.0 Å². The minimum Gasteiger partial charge on any atom is -0.394 e. The molecule has 0 amide bonds. The van der Waals surface area contributed by atoms with Crippen LogP contribution in [0.5, 0.6) is 0 Å². The molecule has 5 heteroatoms. The summed E-state index contributed by atoms with van der Waals surface area (Å²) in [5.41, 5.74) is 0.799. The molecule has 21 heavy (non-hydrogen) atoms. The molecule has 1 fully saturated rings. The molecule has 1 saturated carbocycles. The summed E-state index contributed by atoms with van der Waals surface area (Å²) in [4.78, 5) is 8.68. The normalized spacial score (nSPS) is 17.8. The Bertz CT molecular complexity index is 612. The third-order valence-electron chi connectivity index (χ3n) is 3.88. The van der Waals surface area contributed by atoms with Gasteiger partial charge in [0.1, 0.15) is 11.4 Å². The van der Waals surface area contributed by atoms with Gasteiger partial charge >= 0.3 is 0 Å². The van der Waals surface area contributed by atoms with Crippen molar-refractivity contribution in [3.8, 4) is 0 Å². The van der Waals surface area contributed by atoms with Crippen molar-refractivity contribution < 1.29 is 5.11 Å². The number of nitrogens with one attached hydrogen (secondary N) is 1. The zero-order valence-corrected chi connectivity index (χ0v) is 13.1. The molecule has 2 aromatic rings. The summed E-state index contributed by atoms with van der Waals surface area (Å²) in [5, 5.41) is 15.3. The first kappa shape index (κ1) is 14.8. The van der Waals surface area contributed by atoms with Crippen LogP contribution >= 0.6 is 11.8 Å². The lowest BCUT2D eigenvalue weighted by Gasteiger charge is -2.28. The summed E-state index contributed by atoms with van der Waals surface area (Å²) in [5.74, 6) is 0.928. The molecule has 0 radical (unpaired) electrons. The van der Waals surface area contributed by atoms with Crippen molar-refractivity contribution >= 4 is 22.7 Å². The Morgan fingerprint density at radius 1 is 1.33 bits per heavy atom. The van der Waals surface area contributed by atoms with E-state index in [9.17, 15) is 5.11 Å². The molecule has 1 atom stereocenters. The molecule has 0 saturated heterocycles. The molecule has 1 heterocycles. The van der Waals surface area contributed by atoms with Crippen LogP contribution in [0.1, 0.15) is 26.2 Å². The average molecular weight is 303 g/mol. The molecule has 2 N–H and O–H groups in total. The van der Waals surface area contributed by atoms with Gasteiger partial charge in [-0.25, -0.2) is 9.97 Å². The van der Waals surface area contributed by atoms with Crippen LogP contribution in [0, 0.1) is 0 Å². The molecule has 1 aliphatic rings. The van der Waals surface area contributed by atoms with Gasteiger partial charge in [0.25, 0.3) is 0 Å². The first-order valence-corrected chi connectivity index (χ1v) is 8.40. The van der Waals surface area contributed by atoms with Gasteiger partial charge in [0.2, 0.25) is 0 Å². The van der Waals surface area contributed by atoms with Crippen LogP contribution in [0.2, 0.25) is 0 Å². The van der Waals surface area contributed by atoms with E-state index >= 15 is 0 Å². The van der Waals surface area contributed by atoms with E-state index < -0.39 is 0 Å². The van der Waals surface area contributed by atoms with Gasteiger partial charge in [0.15, 0.2) is 0 Å². The Kier molecular flexibility index (Phi) is 4.42. The fraction of sp³-hybridized carbons (Fsp3) is 0.500. The molecule has 0 aliphatic heterocycles. The van der Waals surface area contributed by atoms with E-state index in [1.807, 2.05) is 18.2 Å². The molecule has 112 valence electrons. The van der Waals surface area contributed by atoms with Gasteiger partial charge in [-0.2, -0.15) is 0 Å². The highest BCUT2D eigenvalue weighted by molar-refractivity contribution is 7.99. The second-order valence-corrected chi connectivity index (χ2v) is 7.02. The topological polar surface area (TPSA) is 58.0 Å². The Morgan fingerprint density at radius 3 is 2.90 bits per heavy atom. The van der Waals surface area contributed by atoms with Crippen molar-refractivity contribution in [2.75, 3.05) is 12.4 Å². The van der Waals surface area contributed by atoms with Gasteiger partial charge in [0.05, 0.1) is 12.1 Å². The average Bonchev–Trinajstić information content (AvgIpc) is 3.31. The number of aliphatic hydroxyl groups excluding tert-OH is 1. The Morgan fingerprint density at radius 2 is 2.14 bits per heavy atom. The Balaban J connectivity index is 1.63. The number of para-hydroxylation sites is 1. The minimum absolute atomic E-state index is 0.175. The number of fused-ring (bicyclic) bond motifs is 1. The number of thioether (sulfide) groups is 1. The Hall–Kier alpha value is -1.17. The highest BCUT2D eigenvalue weighted by Crippen LogP contribution is 2.28. The quantitative estimate of drug-likeness (QED) is 0.608. The lowest BCUT2D eigenvalue weighted by Crippen LogP contribution is -2.47. The third kappa shape index (κ3) is 3.73. The number of aliphatic hydroxyl groups is 1. The second-order valence-electron chi connectivity index (χ2n) is 5.93. The van der Waals surface area contributed by atoms with E-state index in [0.29, 0.717) is 6.04 Å². The molecule has 1 aromatic heterocycles. The highest BCUT2D eigenvalue weighted by atomic mass is 32.2. The summed E-state index contributed by atoms with van der Waals surface area (Å²) in [7, 11) is 0. The van der Waals surface area contributed by atoms with Gasteiger partial charge in [-0.15, -0.1) is 11.8 Å². The zero-order valence-electron chi connectivity index (χ0n) is 12.2. The number of nitrogens with zero attached hydrogens (tertiary/aromatic N) is 2. The first-order valence-electron chi connectivity index (χ1n) is 7.41. The van der Waals surface area contributed by atoms with E-state index in [1.54, 1.807) is 18.1 Å². The van der Waals surface area contributed by atoms with Gasteiger partial charge in [-0.1, -0.05) is 18.2 Å². The maximum Gasteiger partial charge on any atom is 0.117 e. The van der Waals surface area contributed by atoms with Crippen LogP contribution in [0.25, 0.3) is 10.9 Å². The first-order chi connectivity index (χ1) is 10.2. The van der Waals surface area contributed by atoms with Crippen LogP contribution in [0.15, 0.2) is 35.6 Å². The predicted molar refractivity (Wildman–Crippen MR) is 86.5 cm³/mol. The summed E-state index contributed by atoms with van der Waals surface area (Å²) in [6.45, 7) is 2.28. The minimum atomic E-state index is -0.184. The maximum absolute atomic E-state index is 9.63. The lowest BCUT2D eigenvalue weighted by molar-refractivity contribution is 0.169. The molecule has 0 spiro atoms. The van der Waals surface area contributed by atoms with Gasteiger partial charge in [-0.05, 0) is 32.3 Å². The van der Waals surface area contributed by atoms with Crippen LogP contribution < -0.4 is 5.32 Å². The van der Waals surface area contributed by atoms with E-state index in [2.05, 4.69) is 28.3 Å². The second kappa shape index (κ2) is 6.30. The molecule has 3 rings (SSSR count). The fourth-order valence-electron chi connectivity index (χ4n) is 2.39. The molecular weight excluding hydrogens is 282 g/mol. The van der Waals surface area contributed by atoms with Gasteiger partial charge < -0.3 is 10.4 Å². The van der Waals surface area contributed by atoms with E-state index in [-0.39, 0.29) is 12.1 Å². The maximum atomic E-state index is 9.63. The largest absolute Gasteiger partial charge is 0.394 e. The molecule has 1 aromatic carbocycles. The fourth-order valence-corrected chi connectivity index (χ4v) is 3.58. The summed E-state index contributed by atoms with van der Waals surface area (Å²) < 4.78 is 0. The monoisotopic (exact) mass is 303 g/mol. The SMILES string of the molecule is CC(CO)(CCSc1ncnc2ccccc12)NC1CC1. The standard InChI is InChI=1S/C16H21N3OS/c1-16(10-20,19-12-6-7-12)8-9-21-15-13-4-2-3-5-14(13)17-11-18-15/h2-5,11-12,19-20H,6-10H2,1H3. The number of hydrogen-bond donors (Lipinski definition) is 2. The van der Waals surface area contributed by atoms with Crippen LogP contribution in [0.3, 0.4) is 0 Å². The highest BCUT2D eigenvalue weighted by Gasteiger charge is 2.31. The summed E-state index contributed by atoms with van der Waals surface area (Å²) in [6, 6.07) is 8.68. The van der Waals surface area contributed by atoms with Crippen LogP contribution in [-0.2, 0) is 0 Å².